The molecule has 158 valence electrons. The number of piperidine rings is 3. The molecule has 2 bridgehead atoms. The molecule has 1 aromatic carbocycles. The van der Waals surface area contributed by atoms with Gasteiger partial charge in [0.25, 0.3) is 11.5 Å². The van der Waals surface area contributed by atoms with Crippen molar-refractivity contribution in [1.82, 2.24) is 14.8 Å². The molecule has 1 unspecified atom stereocenters. The van der Waals surface area contributed by atoms with Gasteiger partial charge in [0.15, 0.2) is 0 Å². The predicted molar refractivity (Wildman–Crippen MR) is 118 cm³/mol. The summed E-state index contributed by atoms with van der Waals surface area (Å²) in [6, 6.07) is 11.7. The molecule has 4 heterocycles. The van der Waals surface area contributed by atoms with E-state index in [2.05, 4.69) is 22.3 Å². The van der Waals surface area contributed by atoms with Gasteiger partial charge >= 0.3 is 0 Å². The van der Waals surface area contributed by atoms with Gasteiger partial charge in [-0.25, -0.2) is 0 Å². The molecule has 4 aliphatic rings. The summed E-state index contributed by atoms with van der Waals surface area (Å²) in [4.78, 5) is 27.8. The Balaban J connectivity index is 1.33. The van der Waals surface area contributed by atoms with Crippen molar-refractivity contribution in [3.8, 4) is 5.69 Å². The first-order valence-electron chi connectivity index (χ1n) is 11.5. The van der Waals surface area contributed by atoms with Gasteiger partial charge in [-0.3, -0.25) is 14.2 Å². The van der Waals surface area contributed by atoms with E-state index in [4.69, 9.17) is 0 Å². The van der Waals surface area contributed by atoms with Gasteiger partial charge in [-0.2, -0.15) is 0 Å². The molecule has 6 rings (SSSR count). The molecule has 4 fully saturated rings. The molecule has 30 heavy (non-hydrogen) atoms. The van der Waals surface area contributed by atoms with Crippen LogP contribution in [0.2, 0.25) is 0 Å². The van der Waals surface area contributed by atoms with Crippen molar-refractivity contribution in [2.75, 3.05) is 19.6 Å². The fraction of sp³-hybridized carbons (Fsp3) is 0.520. The van der Waals surface area contributed by atoms with Crippen LogP contribution in [0, 0.1) is 5.92 Å². The number of amides is 1. The van der Waals surface area contributed by atoms with Crippen LogP contribution in [-0.4, -0.2) is 41.1 Å². The maximum atomic E-state index is 12.9. The number of nitrogens with one attached hydrogen (secondary N) is 1. The van der Waals surface area contributed by atoms with Gasteiger partial charge in [-0.15, -0.1) is 0 Å². The van der Waals surface area contributed by atoms with Crippen LogP contribution in [0.5, 0.6) is 0 Å². The van der Waals surface area contributed by atoms with Crippen LogP contribution in [0.3, 0.4) is 0 Å². The van der Waals surface area contributed by atoms with Gasteiger partial charge in [0.2, 0.25) is 0 Å². The number of hydrogen-bond acceptors (Lipinski definition) is 3. The monoisotopic (exact) mass is 405 g/mol. The largest absolute Gasteiger partial charge is 0.348 e. The molecule has 1 saturated carbocycles. The van der Waals surface area contributed by atoms with Crippen LogP contribution < -0.4 is 10.9 Å². The Morgan fingerprint density at radius 2 is 1.63 bits per heavy atom. The lowest BCUT2D eigenvalue weighted by Gasteiger charge is -2.44. The third-order valence-corrected chi connectivity index (χ3v) is 7.39. The second kappa shape index (κ2) is 8.38. The third-order valence-electron chi connectivity index (χ3n) is 7.39. The third kappa shape index (κ3) is 3.95. The van der Waals surface area contributed by atoms with Gasteiger partial charge in [0.05, 0.1) is 5.56 Å². The first-order valence-corrected chi connectivity index (χ1v) is 11.5. The molecule has 1 aliphatic carbocycles. The topological polar surface area (TPSA) is 54.3 Å². The number of fused-ring (bicyclic) bond motifs is 3. The van der Waals surface area contributed by atoms with Crippen molar-refractivity contribution >= 4 is 5.91 Å². The number of carbonyl (C=O) groups excluding carboxylic acids is 1. The minimum absolute atomic E-state index is 0.0821. The minimum atomic E-state index is -0.111. The number of rotatable bonds is 4. The Hall–Kier alpha value is -2.40. The molecular formula is C25H31N3O2. The molecule has 1 amide bonds. The molecule has 1 N–H and O–H groups in total. The van der Waals surface area contributed by atoms with E-state index in [0.29, 0.717) is 17.4 Å². The summed E-state index contributed by atoms with van der Waals surface area (Å²) in [6.07, 6.45) is 10.5. The van der Waals surface area contributed by atoms with Crippen molar-refractivity contribution in [3.05, 3.63) is 64.1 Å². The molecule has 1 atom stereocenters. The minimum Gasteiger partial charge on any atom is -0.348 e. The highest BCUT2D eigenvalue weighted by Gasteiger charge is 2.35. The highest BCUT2D eigenvalue weighted by atomic mass is 16.2. The van der Waals surface area contributed by atoms with E-state index in [1.54, 1.807) is 16.8 Å². The van der Waals surface area contributed by atoms with E-state index in [9.17, 15) is 9.59 Å². The number of carbonyl (C=O) groups is 1. The first-order chi connectivity index (χ1) is 14.7. The highest BCUT2D eigenvalue weighted by molar-refractivity contribution is 5.94. The van der Waals surface area contributed by atoms with E-state index < -0.39 is 0 Å². The molecule has 5 heteroatoms. The van der Waals surface area contributed by atoms with E-state index >= 15 is 0 Å². The van der Waals surface area contributed by atoms with Crippen molar-refractivity contribution in [2.24, 2.45) is 5.92 Å². The molecule has 3 aliphatic heterocycles. The molecular weight excluding hydrogens is 374 g/mol. The Morgan fingerprint density at radius 1 is 0.900 bits per heavy atom. The zero-order valence-electron chi connectivity index (χ0n) is 17.6. The van der Waals surface area contributed by atoms with E-state index in [1.807, 2.05) is 12.1 Å². The summed E-state index contributed by atoms with van der Waals surface area (Å²) in [5.41, 5.74) is 2.61. The highest BCUT2D eigenvalue weighted by Crippen LogP contribution is 2.33. The van der Waals surface area contributed by atoms with Crippen LogP contribution in [0.15, 0.2) is 47.4 Å². The first kappa shape index (κ1) is 19.6. The maximum Gasteiger partial charge on any atom is 0.255 e. The van der Waals surface area contributed by atoms with Gasteiger partial charge in [0, 0.05) is 30.5 Å². The zero-order valence-corrected chi connectivity index (χ0v) is 17.6. The number of aromatic nitrogens is 1. The Labute approximate surface area is 178 Å². The number of hydrogen-bond donors (Lipinski definition) is 1. The van der Waals surface area contributed by atoms with Gasteiger partial charge in [-0.05, 0) is 74.4 Å². The average Bonchev–Trinajstić information content (AvgIpc) is 2.81. The average molecular weight is 406 g/mol. The van der Waals surface area contributed by atoms with Crippen LogP contribution in [-0.2, 0) is 0 Å². The van der Waals surface area contributed by atoms with E-state index in [0.717, 1.165) is 38.2 Å². The molecule has 0 spiro atoms. The summed E-state index contributed by atoms with van der Waals surface area (Å²) in [6.45, 7) is 3.25. The van der Waals surface area contributed by atoms with Crippen molar-refractivity contribution in [3.63, 3.8) is 0 Å². The molecule has 2 aromatic rings. The molecule has 5 nitrogen and oxygen atoms in total. The summed E-state index contributed by atoms with van der Waals surface area (Å²) in [5, 5.41) is 3.22. The van der Waals surface area contributed by atoms with Crippen LogP contribution in [0.25, 0.3) is 5.69 Å². The lowest BCUT2D eigenvalue weighted by Crippen LogP contribution is -2.57. The fourth-order valence-electron chi connectivity index (χ4n) is 5.55. The Kier molecular flexibility index (Phi) is 5.47. The van der Waals surface area contributed by atoms with Crippen molar-refractivity contribution in [1.29, 1.82) is 0 Å². The Bertz CT molecular complexity index is 951. The lowest BCUT2D eigenvalue weighted by atomic mass is 9.84. The number of pyridine rings is 1. The SMILES string of the molecule is O=C(NC1CN2CCC1CC2)c1ccc(=O)n(-c2ccc(C3CCCCC3)cc2)c1. The summed E-state index contributed by atoms with van der Waals surface area (Å²) >= 11 is 0. The van der Waals surface area contributed by atoms with Gasteiger partial charge in [0.1, 0.15) is 0 Å². The zero-order chi connectivity index (χ0) is 20.5. The molecule has 1 aromatic heterocycles. The summed E-state index contributed by atoms with van der Waals surface area (Å²) < 4.78 is 1.59. The van der Waals surface area contributed by atoms with Crippen molar-refractivity contribution < 1.29 is 4.79 Å². The Morgan fingerprint density at radius 3 is 2.30 bits per heavy atom. The van der Waals surface area contributed by atoms with Crippen LogP contribution >= 0.6 is 0 Å². The van der Waals surface area contributed by atoms with Gasteiger partial charge < -0.3 is 10.2 Å². The van der Waals surface area contributed by atoms with Crippen molar-refractivity contribution in [2.45, 2.75) is 56.9 Å². The number of nitrogens with zero attached hydrogens (tertiary/aromatic N) is 2. The summed E-state index contributed by atoms with van der Waals surface area (Å²) in [5.74, 6) is 1.14. The van der Waals surface area contributed by atoms with Gasteiger partial charge in [-0.1, -0.05) is 31.4 Å². The van der Waals surface area contributed by atoms with E-state index in [1.165, 1.54) is 43.7 Å². The second-order valence-electron chi connectivity index (χ2n) is 9.27. The lowest BCUT2D eigenvalue weighted by molar-refractivity contribution is 0.0620. The normalized spacial score (nSPS) is 26.5. The van der Waals surface area contributed by atoms with Crippen LogP contribution in [0.1, 0.15) is 66.8 Å². The quantitative estimate of drug-likeness (QED) is 0.844. The van der Waals surface area contributed by atoms with E-state index in [-0.39, 0.29) is 17.5 Å². The maximum absolute atomic E-state index is 12.9. The van der Waals surface area contributed by atoms with Crippen LogP contribution in [0.4, 0.5) is 0 Å². The summed E-state index contributed by atoms with van der Waals surface area (Å²) in [7, 11) is 0. The molecule has 3 saturated heterocycles. The standard InChI is InChI=1S/C25H31N3O2/c29-24-11-8-21(25(30)26-23-17-27-14-12-20(23)13-15-27)16-28(24)22-9-6-19(7-10-22)18-4-2-1-3-5-18/h6-11,16,18,20,23H,1-5,12-15,17H2,(H,26,30). The molecule has 0 radical (unpaired) electrons. The smallest absolute Gasteiger partial charge is 0.255 e. The number of benzene rings is 1. The second-order valence-corrected chi connectivity index (χ2v) is 9.27. The predicted octanol–water partition coefficient (Wildman–Crippen LogP) is 3.71. The fourth-order valence-corrected chi connectivity index (χ4v) is 5.55.